The Bertz CT molecular complexity index is 108. The molecule has 1 rings (SSSR count). The Balaban J connectivity index is 2.01. The molecule has 0 unspecified atom stereocenters. The maximum atomic E-state index is 5.71. The average Bonchev–Trinajstić information content (AvgIpc) is 2.09. The summed E-state index contributed by atoms with van der Waals surface area (Å²) in [5.41, 5.74) is 0. The second-order valence-electron chi connectivity index (χ2n) is 3.86. The Morgan fingerprint density at radius 2 is 1.92 bits per heavy atom. The van der Waals surface area contributed by atoms with Crippen molar-refractivity contribution in [2.75, 3.05) is 20.2 Å². The quantitative estimate of drug-likeness (QED) is 0.651. The van der Waals surface area contributed by atoms with Crippen LogP contribution in [0.2, 0.25) is 0 Å². The minimum Gasteiger partial charge on any atom is -0.377 e. The molecular formula is C10H21NO. The topological polar surface area (TPSA) is 21.3 Å². The number of nitrogens with one attached hydrogen (secondary N) is 1. The Kier molecular flexibility index (Phi) is 4.62. The van der Waals surface area contributed by atoms with Gasteiger partial charge in [0.2, 0.25) is 0 Å². The molecule has 0 radical (unpaired) electrons. The molecule has 12 heavy (non-hydrogen) atoms. The van der Waals surface area contributed by atoms with Gasteiger partial charge >= 0.3 is 0 Å². The monoisotopic (exact) mass is 171 g/mol. The van der Waals surface area contributed by atoms with Gasteiger partial charge in [-0.15, -0.1) is 0 Å². The lowest BCUT2D eigenvalue weighted by Crippen LogP contribution is -2.24. The summed E-state index contributed by atoms with van der Waals surface area (Å²) in [6.07, 6.45) is 5.79. The van der Waals surface area contributed by atoms with Gasteiger partial charge in [-0.1, -0.05) is 6.92 Å². The minimum absolute atomic E-state index is 0.551. The predicted molar refractivity (Wildman–Crippen MR) is 51.3 cm³/mol. The van der Waals surface area contributed by atoms with Crippen molar-refractivity contribution in [1.82, 2.24) is 5.32 Å². The van der Waals surface area contributed by atoms with Crippen LogP contribution >= 0.6 is 0 Å². The highest BCUT2D eigenvalue weighted by atomic mass is 16.5. The minimum atomic E-state index is 0.551. The lowest BCUT2D eigenvalue weighted by atomic mass is 9.89. The van der Waals surface area contributed by atoms with Gasteiger partial charge in [-0.3, -0.25) is 0 Å². The smallest absolute Gasteiger partial charge is 0.0594 e. The Morgan fingerprint density at radius 1 is 1.25 bits per heavy atom. The average molecular weight is 171 g/mol. The van der Waals surface area contributed by atoms with E-state index in [-0.39, 0.29) is 0 Å². The molecule has 2 nitrogen and oxygen atoms in total. The van der Waals surface area contributed by atoms with E-state index in [0.717, 1.165) is 19.1 Å². The van der Waals surface area contributed by atoms with Crippen molar-refractivity contribution in [3.63, 3.8) is 0 Å². The molecule has 0 heterocycles. The van der Waals surface area contributed by atoms with Crippen molar-refractivity contribution in [2.45, 2.75) is 38.7 Å². The fourth-order valence-electron chi connectivity index (χ4n) is 1.72. The summed E-state index contributed by atoms with van der Waals surface area (Å²) in [7, 11) is 1.96. The Hall–Kier alpha value is -0.0800. The third-order valence-corrected chi connectivity index (χ3v) is 2.67. The summed E-state index contributed by atoms with van der Waals surface area (Å²) in [6.45, 7) is 4.19. The zero-order valence-corrected chi connectivity index (χ0v) is 8.31. The Morgan fingerprint density at radius 3 is 2.50 bits per heavy atom. The first-order chi connectivity index (χ1) is 5.83. The van der Waals surface area contributed by atoms with Gasteiger partial charge in [0.1, 0.15) is 0 Å². The van der Waals surface area contributed by atoms with Crippen molar-refractivity contribution < 1.29 is 4.74 Å². The van der Waals surface area contributed by atoms with E-state index in [0.29, 0.717) is 6.10 Å². The molecule has 0 aromatic heterocycles. The van der Waals surface area contributed by atoms with Crippen LogP contribution in [-0.4, -0.2) is 26.3 Å². The highest BCUT2D eigenvalue weighted by Crippen LogP contribution is 2.25. The second kappa shape index (κ2) is 5.55. The molecule has 1 aliphatic rings. The lowest BCUT2D eigenvalue weighted by Gasteiger charge is -2.26. The molecule has 1 aliphatic carbocycles. The normalized spacial score (nSPS) is 30.5. The van der Waals surface area contributed by atoms with Gasteiger partial charge in [0.05, 0.1) is 12.7 Å². The van der Waals surface area contributed by atoms with Crippen LogP contribution in [0, 0.1) is 5.92 Å². The summed E-state index contributed by atoms with van der Waals surface area (Å²) in [6, 6.07) is 0. The van der Waals surface area contributed by atoms with Gasteiger partial charge in [0.15, 0.2) is 0 Å². The summed E-state index contributed by atoms with van der Waals surface area (Å²) >= 11 is 0. The number of likely N-dealkylation sites (N-methyl/N-ethyl adjacent to an activating group) is 1. The van der Waals surface area contributed by atoms with E-state index in [2.05, 4.69) is 12.2 Å². The van der Waals surface area contributed by atoms with E-state index in [1.54, 1.807) is 0 Å². The zero-order chi connectivity index (χ0) is 8.81. The van der Waals surface area contributed by atoms with E-state index in [1.165, 1.54) is 25.7 Å². The third kappa shape index (κ3) is 3.55. The summed E-state index contributed by atoms with van der Waals surface area (Å²) in [4.78, 5) is 0. The summed E-state index contributed by atoms with van der Waals surface area (Å²) < 4.78 is 5.71. The van der Waals surface area contributed by atoms with Crippen LogP contribution in [0.25, 0.3) is 0 Å². The standard InChI is InChI=1S/C10H21NO/c1-9-3-5-10(6-4-9)12-8-7-11-2/h9-11H,3-8H2,1-2H3. The van der Waals surface area contributed by atoms with Crippen LogP contribution < -0.4 is 5.32 Å². The molecule has 0 bridgehead atoms. The largest absolute Gasteiger partial charge is 0.377 e. The molecule has 2 heteroatoms. The van der Waals surface area contributed by atoms with Crippen LogP contribution in [-0.2, 0) is 4.74 Å². The van der Waals surface area contributed by atoms with E-state index in [9.17, 15) is 0 Å². The van der Waals surface area contributed by atoms with Crippen LogP contribution in [0.3, 0.4) is 0 Å². The second-order valence-corrected chi connectivity index (χ2v) is 3.86. The van der Waals surface area contributed by atoms with Gasteiger partial charge in [-0.05, 0) is 38.6 Å². The van der Waals surface area contributed by atoms with Crippen LogP contribution in [0.1, 0.15) is 32.6 Å². The van der Waals surface area contributed by atoms with E-state index < -0.39 is 0 Å². The van der Waals surface area contributed by atoms with Crippen molar-refractivity contribution in [2.24, 2.45) is 5.92 Å². The number of hydrogen-bond acceptors (Lipinski definition) is 2. The molecular weight excluding hydrogens is 150 g/mol. The van der Waals surface area contributed by atoms with E-state index in [1.807, 2.05) is 7.05 Å². The molecule has 0 atom stereocenters. The van der Waals surface area contributed by atoms with Gasteiger partial charge in [0.25, 0.3) is 0 Å². The number of hydrogen-bond donors (Lipinski definition) is 1. The van der Waals surface area contributed by atoms with Gasteiger partial charge in [-0.2, -0.15) is 0 Å². The number of rotatable bonds is 4. The maximum absolute atomic E-state index is 5.71. The summed E-state index contributed by atoms with van der Waals surface area (Å²) in [5, 5.41) is 3.09. The highest BCUT2D eigenvalue weighted by molar-refractivity contribution is 4.69. The zero-order valence-electron chi connectivity index (χ0n) is 8.31. The molecule has 0 saturated heterocycles. The Labute approximate surface area is 75.7 Å². The van der Waals surface area contributed by atoms with Crippen molar-refractivity contribution in [1.29, 1.82) is 0 Å². The lowest BCUT2D eigenvalue weighted by molar-refractivity contribution is 0.0222. The van der Waals surface area contributed by atoms with Gasteiger partial charge < -0.3 is 10.1 Å². The maximum Gasteiger partial charge on any atom is 0.0594 e. The molecule has 0 aliphatic heterocycles. The first-order valence-corrected chi connectivity index (χ1v) is 5.09. The SMILES string of the molecule is CNCCOC1CCC(C)CC1. The molecule has 1 fully saturated rings. The van der Waals surface area contributed by atoms with Crippen molar-refractivity contribution in [3.8, 4) is 0 Å². The van der Waals surface area contributed by atoms with E-state index in [4.69, 9.17) is 4.74 Å². The van der Waals surface area contributed by atoms with Gasteiger partial charge in [0, 0.05) is 6.54 Å². The third-order valence-electron chi connectivity index (χ3n) is 2.67. The van der Waals surface area contributed by atoms with Crippen LogP contribution in [0.4, 0.5) is 0 Å². The highest BCUT2D eigenvalue weighted by Gasteiger charge is 2.17. The van der Waals surface area contributed by atoms with Crippen LogP contribution in [0.15, 0.2) is 0 Å². The molecule has 0 spiro atoms. The predicted octanol–water partition coefficient (Wildman–Crippen LogP) is 1.80. The molecule has 1 N–H and O–H groups in total. The first-order valence-electron chi connectivity index (χ1n) is 5.09. The van der Waals surface area contributed by atoms with Crippen molar-refractivity contribution in [3.05, 3.63) is 0 Å². The molecule has 1 saturated carbocycles. The van der Waals surface area contributed by atoms with Crippen LogP contribution in [0.5, 0.6) is 0 Å². The number of ether oxygens (including phenoxy) is 1. The van der Waals surface area contributed by atoms with Crippen molar-refractivity contribution >= 4 is 0 Å². The van der Waals surface area contributed by atoms with Gasteiger partial charge in [-0.25, -0.2) is 0 Å². The first kappa shape index (κ1) is 10.0. The molecule has 0 aromatic rings. The molecule has 0 amide bonds. The van der Waals surface area contributed by atoms with E-state index >= 15 is 0 Å². The fraction of sp³-hybridized carbons (Fsp3) is 1.00. The molecule has 72 valence electrons. The molecule has 0 aromatic carbocycles. The fourth-order valence-corrected chi connectivity index (χ4v) is 1.72. The summed E-state index contributed by atoms with van der Waals surface area (Å²) in [5.74, 6) is 0.925.